The maximum Gasteiger partial charge on any atom is 0.222 e. The van der Waals surface area contributed by atoms with Crippen molar-refractivity contribution in [3.63, 3.8) is 0 Å². The fourth-order valence-corrected chi connectivity index (χ4v) is 4.22. The summed E-state index contributed by atoms with van der Waals surface area (Å²) >= 11 is 2.01. The lowest BCUT2D eigenvalue weighted by Gasteiger charge is -2.34. The molecule has 19 heavy (non-hydrogen) atoms. The predicted octanol–water partition coefficient (Wildman–Crippen LogP) is 2.67. The normalized spacial score (nSPS) is 31.7. The van der Waals surface area contributed by atoms with Gasteiger partial charge in [0, 0.05) is 36.6 Å². The molecule has 0 radical (unpaired) electrons. The average molecular weight is 307 g/mol. The number of halogens is 1. The Balaban J connectivity index is 0.00000180. The quantitative estimate of drug-likeness (QED) is 0.872. The van der Waals surface area contributed by atoms with Gasteiger partial charge in [0.25, 0.3) is 0 Å². The summed E-state index contributed by atoms with van der Waals surface area (Å²) in [6, 6.07) is 0.254. The van der Waals surface area contributed by atoms with Gasteiger partial charge in [-0.05, 0) is 25.2 Å². The molecule has 3 unspecified atom stereocenters. The summed E-state index contributed by atoms with van der Waals surface area (Å²) in [6.45, 7) is 4.09. The topological polar surface area (TPSA) is 46.3 Å². The van der Waals surface area contributed by atoms with Crippen LogP contribution < -0.4 is 5.73 Å². The van der Waals surface area contributed by atoms with Gasteiger partial charge in [0.05, 0.1) is 0 Å². The van der Waals surface area contributed by atoms with E-state index < -0.39 is 0 Å². The smallest absolute Gasteiger partial charge is 0.222 e. The zero-order valence-electron chi connectivity index (χ0n) is 11.8. The molecule has 3 nitrogen and oxygen atoms in total. The molecule has 2 rings (SSSR count). The monoisotopic (exact) mass is 306 g/mol. The number of hydrogen-bond acceptors (Lipinski definition) is 3. The van der Waals surface area contributed by atoms with Gasteiger partial charge in [0.15, 0.2) is 0 Å². The minimum atomic E-state index is 0. The zero-order chi connectivity index (χ0) is 13.0. The Morgan fingerprint density at radius 1 is 1.37 bits per heavy atom. The van der Waals surface area contributed by atoms with Crippen molar-refractivity contribution in [1.29, 1.82) is 0 Å². The molecular weight excluding hydrogens is 280 g/mol. The number of carbonyl (C=O) groups excluding carboxylic acids is 1. The minimum Gasteiger partial charge on any atom is -0.341 e. The van der Waals surface area contributed by atoms with Crippen molar-refractivity contribution >= 4 is 30.1 Å². The molecule has 0 aromatic heterocycles. The second kappa shape index (κ2) is 8.38. The van der Waals surface area contributed by atoms with Gasteiger partial charge in [-0.15, -0.1) is 12.4 Å². The summed E-state index contributed by atoms with van der Waals surface area (Å²) < 4.78 is 0. The molecule has 2 N–H and O–H groups in total. The molecule has 1 saturated heterocycles. The first kappa shape index (κ1) is 17.1. The van der Waals surface area contributed by atoms with Crippen molar-refractivity contribution in [2.75, 3.05) is 18.8 Å². The highest BCUT2D eigenvalue weighted by Gasteiger charge is 2.28. The first-order valence-corrected chi connectivity index (χ1v) is 8.40. The van der Waals surface area contributed by atoms with Gasteiger partial charge in [-0.25, -0.2) is 0 Å². The third-order valence-electron chi connectivity index (χ3n) is 4.35. The van der Waals surface area contributed by atoms with Crippen LogP contribution in [0.15, 0.2) is 0 Å². The second-order valence-electron chi connectivity index (χ2n) is 5.65. The number of rotatable bonds is 3. The number of hydrogen-bond donors (Lipinski definition) is 1. The van der Waals surface area contributed by atoms with Crippen molar-refractivity contribution in [3.05, 3.63) is 0 Å². The van der Waals surface area contributed by atoms with Crippen molar-refractivity contribution < 1.29 is 4.79 Å². The SMILES string of the molecule is CCC1CN(C(=O)CC2CCCCC2N)CCS1.Cl. The van der Waals surface area contributed by atoms with Crippen LogP contribution in [-0.2, 0) is 4.79 Å². The fraction of sp³-hybridized carbons (Fsp3) is 0.929. The maximum atomic E-state index is 12.3. The molecule has 2 fully saturated rings. The van der Waals surface area contributed by atoms with Crippen LogP contribution in [0, 0.1) is 5.92 Å². The van der Waals surface area contributed by atoms with Crippen molar-refractivity contribution in [1.82, 2.24) is 4.90 Å². The summed E-state index contributed by atoms with van der Waals surface area (Å²) in [6.07, 6.45) is 6.58. The zero-order valence-corrected chi connectivity index (χ0v) is 13.5. The summed E-state index contributed by atoms with van der Waals surface area (Å²) in [7, 11) is 0. The fourth-order valence-electron chi connectivity index (χ4n) is 3.04. The van der Waals surface area contributed by atoms with Gasteiger partial charge in [-0.2, -0.15) is 11.8 Å². The largest absolute Gasteiger partial charge is 0.341 e. The Kier molecular flexibility index (Phi) is 7.55. The number of nitrogens with zero attached hydrogens (tertiary/aromatic N) is 1. The van der Waals surface area contributed by atoms with E-state index in [1.807, 2.05) is 11.8 Å². The molecule has 3 atom stereocenters. The molecule has 112 valence electrons. The molecule has 1 heterocycles. The van der Waals surface area contributed by atoms with Gasteiger partial charge < -0.3 is 10.6 Å². The third kappa shape index (κ3) is 4.83. The molecule has 0 spiro atoms. The van der Waals surface area contributed by atoms with Gasteiger partial charge in [-0.3, -0.25) is 4.79 Å². The van der Waals surface area contributed by atoms with Crippen LogP contribution >= 0.6 is 24.2 Å². The van der Waals surface area contributed by atoms with E-state index in [4.69, 9.17) is 5.73 Å². The molecule has 2 aliphatic rings. The Morgan fingerprint density at radius 3 is 2.79 bits per heavy atom. The molecule has 1 aliphatic heterocycles. The van der Waals surface area contributed by atoms with E-state index in [1.54, 1.807) is 0 Å². The molecule has 0 aromatic carbocycles. The van der Waals surface area contributed by atoms with Crippen LogP contribution in [0.3, 0.4) is 0 Å². The summed E-state index contributed by atoms with van der Waals surface area (Å²) in [5.74, 6) is 1.87. The van der Waals surface area contributed by atoms with Crippen LogP contribution in [0.25, 0.3) is 0 Å². The lowest BCUT2D eigenvalue weighted by atomic mass is 9.82. The predicted molar refractivity (Wildman–Crippen MR) is 84.9 cm³/mol. The highest BCUT2D eigenvalue weighted by Crippen LogP contribution is 2.27. The highest BCUT2D eigenvalue weighted by atomic mass is 35.5. The molecule has 5 heteroatoms. The van der Waals surface area contributed by atoms with Gasteiger partial charge in [-0.1, -0.05) is 19.8 Å². The van der Waals surface area contributed by atoms with E-state index in [9.17, 15) is 4.79 Å². The second-order valence-corrected chi connectivity index (χ2v) is 7.06. The molecule has 0 bridgehead atoms. The van der Waals surface area contributed by atoms with Gasteiger partial charge >= 0.3 is 0 Å². The van der Waals surface area contributed by atoms with E-state index in [0.29, 0.717) is 23.5 Å². The molecule has 1 saturated carbocycles. The van der Waals surface area contributed by atoms with Crippen molar-refractivity contribution in [3.8, 4) is 0 Å². The van der Waals surface area contributed by atoms with Crippen molar-refractivity contribution in [2.45, 2.75) is 56.7 Å². The standard InChI is InChI=1S/C14H26N2OS.ClH/c1-2-12-10-16(7-8-18-12)14(17)9-11-5-3-4-6-13(11)15;/h11-13H,2-10,15H2,1H3;1H. The lowest BCUT2D eigenvalue weighted by molar-refractivity contribution is -0.132. The Bertz CT molecular complexity index is 291. The van der Waals surface area contributed by atoms with Crippen LogP contribution in [-0.4, -0.2) is 40.9 Å². The number of nitrogens with two attached hydrogens (primary N) is 1. The van der Waals surface area contributed by atoms with E-state index in [-0.39, 0.29) is 18.4 Å². The maximum absolute atomic E-state index is 12.3. The Hall–Kier alpha value is 0.0700. The summed E-state index contributed by atoms with van der Waals surface area (Å²) in [5.41, 5.74) is 6.14. The summed E-state index contributed by atoms with van der Waals surface area (Å²) in [5, 5.41) is 0.641. The first-order valence-electron chi connectivity index (χ1n) is 7.35. The molecule has 1 amide bonds. The number of thioether (sulfide) groups is 1. The Morgan fingerprint density at radius 2 is 2.11 bits per heavy atom. The Labute approximate surface area is 127 Å². The number of carbonyl (C=O) groups is 1. The van der Waals surface area contributed by atoms with E-state index in [2.05, 4.69) is 11.8 Å². The van der Waals surface area contributed by atoms with E-state index in [0.717, 1.165) is 38.1 Å². The van der Waals surface area contributed by atoms with Gasteiger partial charge in [0.1, 0.15) is 0 Å². The highest BCUT2D eigenvalue weighted by molar-refractivity contribution is 8.00. The van der Waals surface area contributed by atoms with E-state index >= 15 is 0 Å². The molecule has 1 aliphatic carbocycles. The van der Waals surface area contributed by atoms with Crippen LogP contribution in [0.1, 0.15) is 45.4 Å². The molecular formula is C14H27ClN2OS. The lowest BCUT2D eigenvalue weighted by Crippen LogP contribution is -2.44. The van der Waals surface area contributed by atoms with Gasteiger partial charge in [0.2, 0.25) is 5.91 Å². The third-order valence-corrected chi connectivity index (χ3v) is 5.72. The van der Waals surface area contributed by atoms with Crippen molar-refractivity contribution in [2.24, 2.45) is 11.7 Å². The van der Waals surface area contributed by atoms with Crippen LogP contribution in [0.5, 0.6) is 0 Å². The number of amides is 1. The average Bonchev–Trinajstić information content (AvgIpc) is 2.41. The molecule has 0 aromatic rings. The minimum absolute atomic E-state index is 0. The van der Waals surface area contributed by atoms with Crippen LogP contribution in [0.4, 0.5) is 0 Å². The van der Waals surface area contributed by atoms with E-state index in [1.165, 1.54) is 12.8 Å². The van der Waals surface area contributed by atoms with Crippen LogP contribution in [0.2, 0.25) is 0 Å². The summed E-state index contributed by atoms with van der Waals surface area (Å²) in [4.78, 5) is 14.4. The first-order chi connectivity index (χ1) is 8.70.